The summed E-state index contributed by atoms with van der Waals surface area (Å²) in [5.74, 6) is 0.801. The minimum absolute atomic E-state index is 0.131. The molecule has 0 spiro atoms. The second kappa shape index (κ2) is 7.70. The fraction of sp³-hybridized carbons (Fsp3) is 0.474. The van der Waals surface area contributed by atoms with Gasteiger partial charge in [0.05, 0.1) is 6.10 Å². The van der Waals surface area contributed by atoms with Crippen molar-refractivity contribution in [3.63, 3.8) is 0 Å². The van der Waals surface area contributed by atoms with Crippen LogP contribution in [0.1, 0.15) is 42.9 Å². The molecule has 25 heavy (non-hydrogen) atoms. The number of aliphatic hydroxyl groups is 1. The van der Waals surface area contributed by atoms with Gasteiger partial charge in [0.15, 0.2) is 5.76 Å². The van der Waals surface area contributed by atoms with Crippen LogP contribution in [0.2, 0.25) is 0 Å². The van der Waals surface area contributed by atoms with Crippen molar-refractivity contribution in [1.29, 1.82) is 0 Å². The van der Waals surface area contributed by atoms with E-state index < -0.39 is 6.10 Å². The molecule has 2 N–H and O–H groups in total. The van der Waals surface area contributed by atoms with Crippen molar-refractivity contribution in [2.24, 2.45) is 5.92 Å². The van der Waals surface area contributed by atoms with E-state index in [1.807, 2.05) is 37.3 Å². The summed E-state index contributed by atoms with van der Waals surface area (Å²) in [6.45, 7) is 5.03. The average molecular weight is 343 g/mol. The maximum atomic E-state index is 12.5. The van der Waals surface area contributed by atoms with Gasteiger partial charge in [-0.3, -0.25) is 0 Å². The molecule has 1 fully saturated rings. The number of aryl methyl sites for hydroxylation is 2. The summed E-state index contributed by atoms with van der Waals surface area (Å²) in [5.41, 5.74) is 2.39. The number of anilines is 1. The smallest absolute Gasteiger partial charge is 0.321 e. The maximum absolute atomic E-state index is 12.5. The highest BCUT2D eigenvalue weighted by Gasteiger charge is 2.29. The molecule has 0 radical (unpaired) electrons. The highest BCUT2D eigenvalue weighted by molar-refractivity contribution is 5.90. The van der Waals surface area contributed by atoms with Crippen molar-refractivity contribution >= 4 is 11.7 Å². The van der Waals surface area contributed by atoms with Crippen LogP contribution in [0.4, 0.5) is 10.5 Å². The summed E-state index contributed by atoms with van der Waals surface area (Å²) >= 11 is 0. The Hall–Kier alpha value is -2.34. The molecule has 2 aromatic rings. The molecule has 1 unspecified atom stereocenters. The van der Waals surface area contributed by atoms with Crippen LogP contribution in [0.5, 0.6) is 0 Å². The Morgan fingerprint density at radius 1 is 1.36 bits per heavy atom. The number of likely N-dealkylation sites (tertiary alicyclic amines) is 1. The minimum atomic E-state index is -0.474. The van der Waals surface area contributed by atoms with Crippen molar-refractivity contribution in [2.75, 3.05) is 18.4 Å². The maximum Gasteiger partial charge on any atom is 0.321 e. The number of carbonyl (C=O) groups is 1. The normalized spacial score (nSPS) is 16.7. The molecule has 134 valence electrons. The lowest BCUT2D eigenvalue weighted by Gasteiger charge is -2.34. The number of hydrogen-bond acceptors (Lipinski definition) is 4. The van der Waals surface area contributed by atoms with Crippen molar-refractivity contribution in [3.8, 4) is 0 Å². The molecule has 1 aliphatic heterocycles. The third-order valence-electron chi connectivity index (χ3n) is 4.91. The van der Waals surface area contributed by atoms with E-state index in [-0.39, 0.29) is 11.9 Å². The Balaban J connectivity index is 1.57. The number of nitrogens with zero attached hydrogens (tertiary/aromatic N) is 2. The standard InChI is InChI=1S/C19H25N3O3/c1-3-16-17(13(2)25-21-16)20-19(24)22-11-9-15(10-12-22)18(23)14-7-5-4-6-8-14/h4-8,15,18,23H,3,9-12H2,1-2H3,(H,20,24). The SMILES string of the molecule is CCc1noc(C)c1NC(=O)N1CCC(C(O)c2ccccc2)CC1. The van der Waals surface area contributed by atoms with E-state index in [2.05, 4.69) is 10.5 Å². The second-order valence-corrected chi connectivity index (χ2v) is 6.52. The predicted molar refractivity (Wildman–Crippen MR) is 95.3 cm³/mol. The molecule has 1 atom stereocenters. The Labute approximate surface area is 147 Å². The number of hydrogen-bond donors (Lipinski definition) is 2. The van der Waals surface area contributed by atoms with Gasteiger partial charge in [0.1, 0.15) is 11.4 Å². The van der Waals surface area contributed by atoms with Gasteiger partial charge in [0, 0.05) is 13.1 Å². The van der Waals surface area contributed by atoms with Gasteiger partial charge >= 0.3 is 6.03 Å². The molecule has 0 bridgehead atoms. The summed E-state index contributed by atoms with van der Waals surface area (Å²) in [6, 6.07) is 9.59. The lowest BCUT2D eigenvalue weighted by molar-refractivity contribution is 0.0683. The third kappa shape index (κ3) is 3.85. The van der Waals surface area contributed by atoms with Gasteiger partial charge in [-0.1, -0.05) is 42.4 Å². The first-order chi connectivity index (χ1) is 12.1. The van der Waals surface area contributed by atoms with Gasteiger partial charge < -0.3 is 19.8 Å². The fourth-order valence-corrected chi connectivity index (χ4v) is 3.35. The second-order valence-electron chi connectivity index (χ2n) is 6.52. The van der Waals surface area contributed by atoms with E-state index in [1.54, 1.807) is 11.8 Å². The monoisotopic (exact) mass is 343 g/mol. The predicted octanol–water partition coefficient (Wildman–Crippen LogP) is 3.52. The summed E-state index contributed by atoms with van der Waals surface area (Å²) in [4.78, 5) is 14.3. The summed E-state index contributed by atoms with van der Waals surface area (Å²) in [5, 5.41) is 17.4. The molecule has 1 aromatic carbocycles. The van der Waals surface area contributed by atoms with Crippen LogP contribution >= 0.6 is 0 Å². The molecular weight excluding hydrogens is 318 g/mol. The number of carbonyl (C=O) groups excluding carboxylic acids is 1. The van der Waals surface area contributed by atoms with Gasteiger partial charge in [-0.15, -0.1) is 0 Å². The van der Waals surface area contributed by atoms with E-state index >= 15 is 0 Å². The van der Waals surface area contributed by atoms with Crippen LogP contribution < -0.4 is 5.32 Å². The number of rotatable bonds is 4. The molecule has 1 aromatic heterocycles. The van der Waals surface area contributed by atoms with E-state index in [1.165, 1.54) is 0 Å². The number of nitrogens with one attached hydrogen (secondary N) is 1. The Kier molecular flexibility index (Phi) is 5.38. The number of amides is 2. The number of piperidine rings is 1. The van der Waals surface area contributed by atoms with Crippen LogP contribution in [-0.4, -0.2) is 34.3 Å². The van der Waals surface area contributed by atoms with Gasteiger partial charge in [-0.05, 0) is 37.7 Å². The van der Waals surface area contributed by atoms with Gasteiger partial charge in [0.25, 0.3) is 0 Å². The topological polar surface area (TPSA) is 78.6 Å². The van der Waals surface area contributed by atoms with Crippen LogP contribution in [0.3, 0.4) is 0 Å². The first-order valence-electron chi connectivity index (χ1n) is 8.84. The zero-order valence-electron chi connectivity index (χ0n) is 14.7. The van der Waals surface area contributed by atoms with Crippen molar-refractivity contribution in [2.45, 2.75) is 39.2 Å². The third-order valence-corrected chi connectivity index (χ3v) is 4.91. The van der Waals surface area contributed by atoms with E-state index in [9.17, 15) is 9.90 Å². The molecule has 0 saturated carbocycles. The van der Waals surface area contributed by atoms with E-state index in [4.69, 9.17) is 4.52 Å². The molecule has 0 aliphatic carbocycles. The van der Waals surface area contributed by atoms with Gasteiger partial charge in [0.2, 0.25) is 0 Å². The van der Waals surface area contributed by atoms with E-state index in [0.717, 1.165) is 24.1 Å². The minimum Gasteiger partial charge on any atom is -0.388 e. The first-order valence-corrected chi connectivity index (χ1v) is 8.84. The van der Waals surface area contributed by atoms with Crippen LogP contribution in [0.25, 0.3) is 0 Å². The van der Waals surface area contributed by atoms with Crippen LogP contribution in [-0.2, 0) is 6.42 Å². The van der Waals surface area contributed by atoms with E-state index in [0.29, 0.717) is 31.0 Å². The Bertz CT molecular complexity index is 706. The largest absolute Gasteiger partial charge is 0.388 e. The number of aliphatic hydroxyl groups excluding tert-OH is 1. The van der Waals surface area contributed by atoms with Crippen LogP contribution in [0.15, 0.2) is 34.9 Å². The van der Waals surface area contributed by atoms with Crippen molar-refractivity contribution in [1.82, 2.24) is 10.1 Å². The zero-order valence-corrected chi connectivity index (χ0v) is 14.7. The molecule has 6 heteroatoms. The molecular formula is C19H25N3O3. The summed E-state index contributed by atoms with van der Waals surface area (Å²) in [7, 11) is 0. The van der Waals surface area contributed by atoms with Gasteiger partial charge in [-0.25, -0.2) is 4.79 Å². The highest BCUT2D eigenvalue weighted by atomic mass is 16.5. The summed E-state index contributed by atoms with van der Waals surface area (Å²) < 4.78 is 5.16. The molecule has 2 heterocycles. The molecule has 1 aliphatic rings. The summed E-state index contributed by atoms with van der Waals surface area (Å²) in [6.07, 6.45) is 1.80. The molecule has 2 amide bonds. The highest BCUT2D eigenvalue weighted by Crippen LogP contribution is 2.31. The zero-order chi connectivity index (χ0) is 17.8. The Morgan fingerprint density at radius 3 is 2.68 bits per heavy atom. The molecule has 1 saturated heterocycles. The van der Waals surface area contributed by atoms with Crippen molar-refractivity contribution < 1.29 is 14.4 Å². The molecule has 6 nitrogen and oxygen atoms in total. The fourth-order valence-electron chi connectivity index (χ4n) is 3.35. The molecule has 3 rings (SSSR count). The number of urea groups is 1. The number of aromatic nitrogens is 1. The van der Waals surface area contributed by atoms with Crippen LogP contribution in [0, 0.1) is 12.8 Å². The lowest BCUT2D eigenvalue weighted by atomic mass is 9.87. The van der Waals surface area contributed by atoms with Crippen molar-refractivity contribution in [3.05, 3.63) is 47.3 Å². The average Bonchev–Trinajstić information content (AvgIpc) is 3.01. The number of benzene rings is 1. The first kappa shape index (κ1) is 17.5. The van der Waals surface area contributed by atoms with Gasteiger partial charge in [-0.2, -0.15) is 0 Å². The quantitative estimate of drug-likeness (QED) is 0.890. The Morgan fingerprint density at radius 2 is 2.04 bits per heavy atom. The lowest BCUT2D eigenvalue weighted by Crippen LogP contribution is -2.42.